The second-order valence-electron chi connectivity index (χ2n) is 9.94. The van der Waals surface area contributed by atoms with E-state index in [-0.39, 0.29) is 17.5 Å². The molecule has 220 valence electrons. The molecule has 1 amide bonds. The topological polar surface area (TPSA) is 93.5 Å². The van der Waals surface area contributed by atoms with Crippen molar-refractivity contribution < 1.29 is 18.7 Å². The quantitative estimate of drug-likeness (QED) is 0.149. The third kappa shape index (κ3) is 5.66. The van der Waals surface area contributed by atoms with Crippen molar-refractivity contribution in [2.75, 3.05) is 49.1 Å². The molecule has 4 aromatic rings. The summed E-state index contributed by atoms with van der Waals surface area (Å²) in [4.78, 5) is 24.4. The molecular weight excluding hydrogens is 555 g/mol. The second-order valence-corrected chi connectivity index (χ2v) is 10.8. The molecule has 3 heterocycles. The molecule has 1 aliphatic heterocycles. The molecule has 0 unspecified atom stereocenters. The number of thioether (sulfide) groups is 1. The van der Waals surface area contributed by atoms with Gasteiger partial charge in [-0.25, -0.2) is 14.4 Å². The van der Waals surface area contributed by atoms with Gasteiger partial charge < -0.3 is 29.6 Å². The van der Waals surface area contributed by atoms with E-state index in [1.165, 1.54) is 12.3 Å². The van der Waals surface area contributed by atoms with Crippen LogP contribution < -0.4 is 20.3 Å². The number of rotatable bonds is 11. The zero-order valence-corrected chi connectivity index (χ0v) is 25.1. The molecule has 11 heteroatoms. The van der Waals surface area contributed by atoms with Gasteiger partial charge in [0, 0.05) is 42.0 Å². The third-order valence-electron chi connectivity index (χ3n) is 7.32. The molecule has 2 aromatic carbocycles. The summed E-state index contributed by atoms with van der Waals surface area (Å²) in [5.74, 6) is -0.170. The van der Waals surface area contributed by atoms with Crippen LogP contribution in [0.4, 0.5) is 27.4 Å². The zero-order valence-electron chi connectivity index (χ0n) is 24.3. The first kappa shape index (κ1) is 29.4. The number of aromatic nitrogens is 3. The van der Waals surface area contributed by atoms with Crippen molar-refractivity contribution in [2.45, 2.75) is 37.8 Å². The van der Waals surface area contributed by atoms with Crippen LogP contribution in [0.25, 0.3) is 22.2 Å². The Morgan fingerprint density at radius 2 is 2.17 bits per heavy atom. The van der Waals surface area contributed by atoms with E-state index in [0.29, 0.717) is 42.4 Å². The number of carbonyl (C=O) groups excluding carboxylic acids is 1. The van der Waals surface area contributed by atoms with Crippen LogP contribution in [0, 0.1) is 5.82 Å². The largest absolute Gasteiger partial charge is 0.494 e. The van der Waals surface area contributed by atoms with Crippen molar-refractivity contribution in [3.63, 3.8) is 0 Å². The number of halogens is 1. The van der Waals surface area contributed by atoms with Crippen LogP contribution in [0.3, 0.4) is 0 Å². The lowest BCUT2D eigenvalue weighted by Crippen LogP contribution is -2.21. The molecule has 0 aliphatic carbocycles. The van der Waals surface area contributed by atoms with E-state index in [9.17, 15) is 4.79 Å². The fraction of sp³-hybridized carbons (Fsp3) is 0.323. The average molecular weight is 591 g/mol. The normalized spacial score (nSPS) is 12.6. The number of hydrogen-bond donors (Lipinski definition) is 2. The van der Waals surface area contributed by atoms with Gasteiger partial charge in [-0.1, -0.05) is 32.1 Å². The molecule has 0 spiro atoms. The van der Waals surface area contributed by atoms with Crippen molar-refractivity contribution in [2.24, 2.45) is 0 Å². The molecular formula is C31H35FN6O3S. The molecule has 0 fully saturated rings. The first-order chi connectivity index (χ1) is 20.4. The molecule has 0 radical (unpaired) electrons. The Kier molecular flexibility index (Phi) is 8.98. The van der Waals surface area contributed by atoms with Gasteiger partial charge in [-0.2, -0.15) is 0 Å². The van der Waals surface area contributed by atoms with E-state index in [1.807, 2.05) is 31.5 Å². The van der Waals surface area contributed by atoms with Gasteiger partial charge in [0.05, 0.1) is 54.8 Å². The van der Waals surface area contributed by atoms with Crippen LogP contribution >= 0.6 is 11.8 Å². The van der Waals surface area contributed by atoms with E-state index in [4.69, 9.17) is 9.47 Å². The first-order valence-corrected chi connectivity index (χ1v) is 15.0. The Labute approximate surface area is 249 Å². The summed E-state index contributed by atoms with van der Waals surface area (Å²) in [6, 6.07) is 9.65. The average Bonchev–Trinajstić information content (AvgIpc) is 3.35. The van der Waals surface area contributed by atoms with Crippen LogP contribution in [-0.2, 0) is 22.7 Å². The van der Waals surface area contributed by atoms with Crippen LogP contribution in [0.2, 0.25) is 0 Å². The highest BCUT2D eigenvalue weighted by molar-refractivity contribution is 7.98. The number of hydrogen-bond acceptors (Lipinski definition) is 8. The number of ether oxygens (including phenoxy) is 2. The standard InChI is InChI=1S/C31H35FN6O3S/c1-6-8-12-37(3)23-16-25(40-4)22(15-21(23)34-27(39)7-2)35-31-33-17-20(32)29(36-31)28-19-10-9-11-26(42-5)30(19)38-13-14-41-18-24(28)38/h7,9-11,15-17H,2,6,8,12-14,18H2,1,3-5H3,(H,34,39)(H,33,35,36). The number of carbonyl (C=O) groups is 1. The van der Waals surface area contributed by atoms with Crippen molar-refractivity contribution >= 4 is 51.6 Å². The predicted molar refractivity (Wildman–Crippen MR) is 168 cm³/mol. The van der Waals surface area contributed by atoms with Crippen LogP contribution in [0.5, 0.6) is 5.75 Å². The van der Waals surface area contributed by atoms with Gasteiger partial charge in [-0.3, -0.25) is 4.79 Å². The van der Waals surface area contributed by atoms with Gasteiger partial charge in [-0.05, 0) is 30.9 Å². The van der Waals surface area contributed by atoms with Crippen molar-refractivity contribution in [1.82, 2.24) is 14.5 Å². The molecule has 0 atom stereocenters. The number of fused-ring (bicyclic) bond motifs is 3. The number of para-hydroxylation sites is 1. The lowest BCUT2D eigenvalue weighted by Gasteiger charge is -2.24. The SMILES string of the molecule is C=CC(=O)Nc1cc(Nc2ncc(F)c(-c3c4n(c5c(SC)cccc35)CCOC4)n2)c(OC)cc1N(C)CCCC. The molecule has 42 heavy (non-hydrogen) atoms. The Balaban J connectivity index is 1.60. The predicted octanol–water partition coefficient (Wildman–Crippen LogP) is 6.60. The maximum absolute atomic E-state index is 15.5. The summed E-state index contributed by atoms with van der Waals surface area (Å²) in [6.45, 7) is 8.12. The molecule has 5 rings (SSSR count). The molecule has 0 bridgehead atoms. The summed E-state index contributed by atoms with van der Waals surface area (Å²) >= 11 is 1.65. The van der Waals surface area contributed by atoms with Gasteiger partial charge in [0.25, 0.3) is 0 Å². The highest BCUT2D eigenvalue weighted by atomic mass is 32.2. The lowest BCUT2D eigenvalue weighted by atomic mass is 10.1. The monoisotopic (exact) mass is 590 g/mol. The minimum absolute atomic E-state index is 0.184. The molecule has 2 N–H and O–H groups in total. The summed E-state index contributed by atoms with van der Waals surface area (Å²) in [6.07, 6.45) is 6.44. The summed E-state index contributed by atoms with van der Waals surface area (Å²) in [7, 11) is 3.53. The van der Waals surface area contributed by atoms with E-state index in [1.54, 1.807) is 24.9 Å². The summed E-state index contributed by atoms with van der Waals surface area (Å²) in [5.41, 5.74) is 4.69. The third-order valence-corrected chi connectivity index (χ3v) is 8.09. The number of nitrogens with zero attached hydrogens (tertiary/aromatic N) is 4. The van der Waals surface area contributed by atoms with Crippen LogP contribution in [0.1, 0.15) is 25.5 Å². The Morgan fingerprint density at radius 3 is 2.90 bits per heavy atom. The maximum Gasteiger partial charge on any atom is 0.247 e. The van der Waals surface area contributed by atoms with Crippen molar-refractivity contribution in [3.8, 4) is 17.0 Å². The van der Waals surface area contributed by atoms with Crippen molar-refractivity contribution in [3.05, 3.63) is 60.7 Å². The lowest BCUT2D eigenvalue weighted by molar-refractivity contribution is -0.111. The first-order valence-electron chi connectivity index (χ1n) is 13.8. The highest BCUT2D eigenvalue weighted by Crippen LogP contribution is 2.42. The second kappa shape index (κ2) is 12.8. The van der Waals surface area contributed by atoms with Gasteiger partial charge in [-0.15, -0.1) is 11.8 Å². The smallest absolute Gasteiger partial charge is 0.247 e. The van der Waals surface area contributed by atoms with Gasteiger partial charge in [0.2, 0.25) is 11.9 Å². The fourth-order valence-corrected chi connectivity index (χ4v) is 5.88. The minimum Gasteiger partial charge on any atom is -0.494 e. The van der Waals surface area contributed by atoms with Gasteiger partial charge in [0.15, 0.2) is 5.82 Å². The van der Waals surface area contributed by atoms with E-state index in [0.717, 1.165) is 46.6 Å². The van der Waals surface area contributed by atoms with E-state index >= 15 is 4.39 Å². The summed E-state index contributed by atoms with van der Waals surface area (Å²) in [5, 5.41) is 7.00. The maximum atomic E-state index is 15.5. The molecule has 0 saturated carbocycles. The van der Waals surface area contributed by atoms with E-state index in [2.05, 4.69) is 49.6 Å². The minimum atomic E-state index is -0.533. The number of anilines is 4. The molecule has 2 aromatic heterocycles. The van der Waals surface area contributed by atoms with Crippen LogP contribution in [-0.4, -0.2) is 54.0 Å². The highest BCUT2D eigenvalue weighted by Gasteiger charge is 2.26. The van der Waals surface area contributed by atoms with Gasteiger partial charge in [0.1, 0.15) is 11.4 Å². The van der Waals surface area contributed by atoms with Gasteiger partial charge >= 0.3 is 0 Å². The number of unbranched alkanes of at least 4 members (excludes halogenated alkanes) is 1. The Morgan fingerprint density at radius 1 is 1.33 bits per heavy atom. The molecule has 1 aliphatic rings. The number of amides is 1. The van der Waals surface area contributed by atoms with Crippen LogP contribution in [0.15, 0.2) is 54.1 Å². The molecule has 0 saturated heterocycles. The Hall–Kier alpha value is -4.09. The Bertz CT molecular complexity index is 1640. The fourth-order valence-electron chi connectivity index (χ4n) is 5.25. The number of nitrogens with one attached hydrogen (secondary N) is 2. The number of benzene rings is 2. The zero-order chi connectivity index (χ0) is 29.8. The number of methoxy groups -OCH3 is 1. The van der Waals surface area contributed by atoms with E-state index < -0.39 is 5.82 Å². The molecule has 9 nitrogen and oxygen atoms in total. The summed E-state index contributed by atoms with van der Waals surface area (Å²) < 4.78 is 29.2. The van der Waals surface area contributed by atoms with Crippen molar-refractivity contribution in [1.29, 1.82) is 0 Å².